The van der Waals surface area contributed by atoms with Gasteiger partial charge in [-0.1, -0.05) is 96.1 Å². The zero-order valence-electron chi connectivity index (χ0n) is 21.9. The largest absolute Gasteiger partial charge is 0.506 e. The molecule has 1 aliphatic carbocycles. The Bertz CT molecular complexity index is 943. The van der Waals surface area contributed by atoms with Gasteiger partial charge in [0.25, 0.3) is 0 Å². The van der Waals surface area contributed by atoms with Gasteiger partial charge in [-0.15, -0.1) is 0 Å². The molecule has 0 spiro atoms. The zero-order chi connectivity index (χ0) is 26.0. The molecule has 0 heterocycles. The van der Waals surface area contributed by atoms with Gasteiger partial charge in [0.1, 0.15) is 11.5 Å². The molecule has 0 saturated heterocycles. The number of hydrogen-bond donors (Lipinski definition) is 2. The number of phenolic OH excluding ortho intramolecular Hbond substituents is 2. The highest BCUT2D eigenvalue weighted by molar-refractivity contribution is 8.03. The first-order chi connectivity index (χ1) is 16.3. The van der Waals surface area contributed by atoms with E-state index >= 15 is 0 Å². The molecule has 0 bridgehead atoms. The molecular formula is C29H40Cl2O2S2. The lowest BCUT2D eigenvalue weighted by atomic mass is 9.86. The molecule has 2 N–H and O–H groups in total. The fourth-order valence-electron chi connectivity index (χ4n) is 4.41. The van der Waals surface area contributed by atoms with Crippen molar-refractivity contribution in [3.8, 4) is 11.5 Å². The molecule has 2 nitrogen and oxygen atoms in total. The van der Waals surface area contributed by atoms with Crippen LogP contribution in [0.5, 0.6) is 11.5 Å². The van der Waals surface area contributed by atoms with Crippen molar-refractivity contribution in [2.75, 3.05) is 0 Å². The summed E-state index contributed by atoms with van der Waals surface area (Å²) in [7, 11) is 0. The summed E-state index contributed by atoms with van der Waals surface area (Å²) in [5, 5.41) is 23.1. The summed E-state index contributed by atoms with van der Waals surface area (Å²) in [6, 6.07) is 8.01. The first-order valence-corrected chi connectivity index (χ1v) is 15.4. The van der Waals surface area contributed by atoms with Crippen LogP contribution in [0.4, 0.5) is 0 Å². The van der Waals surface area contributed by atoms with E-state index in [1.54, 1.807) is 0 Å². The van der Waals surface area contributed by atoms with Crippen LogP contribution in [0.25, 0.3) is 0 Å². The molecule has 2 aromatic carbocycles. The number of aromatic hydroxyl groups is 2. The highest BCUT2D eigenvalue weighted by Crippen LogP contribution is 2.43. The van der Waals surface area contributed by atoms with E-state index in [2.05, 4.69) is 53.7 Å². The van der Waals surface area contributed by atoms with Gasteiger partial charge in [-0.25, -0.2) is 0 Å². The number of hydrogen-bond acceptors (Lipinski definition) is 4. The van der Waals surface area contributed by atoms with Crippen molar-refractivity contribution in [1.82, 2.24) is 0 Å². The van der Waals surface area contributed by atoms with Gasteiger partial charge >= 0.3 is 0 Å². The van der Waals surface area contributed by atoms with Crippen LogP contribution in [-0.4, -0.2) is 20.7 Å². The first kappa shape index (κ1) is 28.9. The SMILES string of the molecule is CC(C)(C)c1cc(Cl)c(O)c(CSC2CCCCC[C@@H]2SCc2cc(C(C)(C)C)cc(Cl)c2O)c1. The van der Waals surface area contributed by atoms with E-state index in [4.69, 9.17) is 23.2 Å². The van der Waals surface area contributed by atoms with Crippen molar-refractivity contribution >= 4 is 46.7 Å². The van der Waals surface area contributed by atoms with Crippen LogP contribution in [0, 0.1) is 0 Å². The maximum Gasteiger partial charge on any atom is 0.138 e. The van der Waals surface area contributed by atoms with Gasteiger partial charge in [0.05, 0.1) is 10.0 Å². The second-order valence-corrected chi connectivity index (χ2v) is 15.0. The molecule has 0 aromatic heterocycles. The molecule has 194 valence electrons. The quantitative estimate of drug-likeness (QED) is 0.348. The fourth-order valence-corrected chi connectivity index (χ4v) is 7.96. The van der Waals surface area contributed by atoms with Crippen LogP contribution in [0.1, 0.15) is 95.9 Å². The highest BCUT2D eigenvalue weighted by Gasteiger charge is 2.27. The normalized spacial score (nSPS) is 19.5. The number of halogens is 2. The predicted octanol–water partition coefficient (Wildman–Crippen LogP) is 9.87. The maximum absolute atomic E-state index is 10.6. The Morgan fingerprint density at radius 3 is 1.40 bits per heavy atom. The number of benzene rings is 2. The van der Waals surface area contributed by atoms with E-state index in [-0.39, 0.29) is 22.3 Å². The first-order valence-electron chi connectivity index (χ1n) is 12.5. The van der Waals surface area contributed by atoms with E-state index in [1.165, 1.54) is 32.1 Å². The minimum Gasteiger partial charge on any atom is -0.506 e. The van der Waals surface area contributed by atoms with Crippen LogP contribution < -0.4 is 0 Å². The third kappa shape index (κ3) is 7.66. The average Bonchev–Trinajstić information content (AvgIpc) is 2.99. The van der Waals surface area contributed by atoms with E-state index < -0.39 is 0 Å². The van der Waals surface area contributed by atoms with Gasteiger partial charge in [0.15, 0.2) is 0 Å². The standard InChI is InChI=1S/C29H40Cl2O2S2/c1-28(2,3)20-12-18(26(32)22(30)14-20)16-34-24-10-8-7-9-11-25(24)35-17-19-13-21(29(4,5)6)15-23(31)27(19)33/h12-15,24-25,32-33H,7-11,16-17H2,1-6H3/t24-,25?/m0/s1. The lowest BCUT2D eigenvalue weighted by Crippen LogP contribution is -2.19. The summed E-state index contributed by atoms with van der Waals surface area (Å²) < 4.78 is 0. The van der Waals surface area contributed by atoms with Crippen molar-refractivity contribution in [3.63, 3.8) is 0 Å². The van der Waals surface area contributed by atoms with Crippen molar-refractivity contribution < 1.29 is 10.2 Å². The summed E-state index contributed by atoms with van der Waals surface area (Å²) in [6.07, 6.45) is 6.08. The molecule has 1 fully saturated rings. The van der Waals surface area contributed by atoms with E-state index in [1.807, 2.05) is 35.7 Å². The van der Waals surface area contributed by atoms with Crippen LogP contribution in [0.3, 0.4) is 0 Å². The second-order valence-electron chi connectivity index (χ2n) is 11.8. The summed E-state index contributed by atoms with van der Waals surface area (Å²) in [5.41, 5.74) is 4.08. The van der Waals surface area contributed by atoms with Gasteiger partial charge < -0.3 is 10.2 Å². The summed E-state index contributed by atoms with van der Waals surface area (Å²) >= 11 is 16.7. The molecule has 1 unspecified atom stereocenters. The lowest BCUT2D eigenvalue weighted by Gasteiger charge is -2.26. The van der Waals surface area contributed by atoms with Crippen LogP contribution >= 0.6 is 46.7 Å². The number of rotatable bonds is 6. The van der Waals surface area contributed by atoms with E-state index in [0.717, 1.165) is 33.8 Å². The van der Waals surface area contributed by atoms with Gasteiger partial charge in [-0.05, 0) is 46.9 Å². The van der Waals surface area contributed by atoms with Crippen molar-refractivity contribution in [3.05, 3.63) is 56.6 Å². The van der Waals surface area contributed by atoms with Crippen molar-refractivity contribution in [1.29, 1.82) is 0 Å². The molecule has 0 aliphatic heterocycles. The highest BCUT2D eigenvalue weighted by atomic mass is 35.5. The summed E-state index contributed by atoms with van der Waals surface area (Å²) in [5.74, 6) is 1.91. The Kier molecular flexibility index (Phi) is 9.73. The summed E-state index contributed by atoms with van der Waals surface area (Å²) in [6.45, 7) is 13.0. The van der Waals surface area contributed by atoms with Crippen LogP contribution in [-0.2, 0) is 22.3 Å². The molecular weight excluding hydrogens is 515 g/mol. The Morgan fingerprint density at radius 1 is 0.686 bits per heavy atom. The topological polar surface area (TPSA) is 40.5 Å². The van der Waals surface area contributed by atoms with E-state index in [0.29, 0.717) is 20.5 Å². The van der Waals surface area contributed by atoms with Crippen LogP contribution in [0.2, 0.25) is 10.0 Å². The Morgan fingerprint density at radius 2 is 1.06 bits per heavy atom. The number of phenols is 2. The average molecular weight is 556 g/mol. The molecule has 1 aliphatic rings. The smallest absolute Gasteiger partial charge is 0.138 e. The molecule has 6 heteroatoms. The van der Waals surface area contributed by atoms with Gasteiger partial charge in [-0.3, -0.25) is 0 Å². The predicted molar refractivity (Wildman–Crippen MR) is 157 cm³/mol. The molecule has 3 rings (SSSR count). The van der Waals surface area contributed by atoms with Gasteiger partial charge in [0.2, 0.25) is 0 Å². The van der Waals surface area contributed by atoms with Crippen molar-refractivity contribution in [2.45, 2.75) is 106 Å². The minimum absolute atomic E-state index is 0.0255. The van der Waals surface area contributed by atoms with Gasteiger partial charge in [-0.2, -0.15) is 23.5 Å². The summed E-state index contributed by atoms with van der Waals surface area (Å²) in [4.78, 5) is 0. The number of thioether (sulfide) groups is 2. The monoisotopic (exact) mass is 554 g/mol. The second kappa shape index (κ2) is 11.8. The van der Waals surface area contributed by atoms with Gasteiger partial charge in [0, 0.05) is 33.1 Å². The minimum atomic E-state index is -0.0255. The maximum atomic E-state index is 10.6. The molecule has 2 aromatic rings. The lowest BCUT2D eigenvalue weighted by molar-refractivity contribution is 0.469. The Balaban J connectivity index is 1.76. The molecule has 1 saturated carbocycles. The van der Waals surface area contributed by atoms with Crippen LogP contribution in [0.15, 0.2) is 24.3 Å². The fraction of sp³-hybridized carbons (Fsp3) is 0.586. The van der Waals surface area contributed by atoms with Crippen molar-refractivity contribution in [2.24, 2.45) is 0 Å². The zero-order valence-corrected chi connectivity index (χ0v) is 25.0. The molecule has 0 radical (unpaired) electrons. The third-order valence-corrected chi connectivity index (χ3v) is 10.5. The van der Waals surface area contributed by atoms with E-state index in [9.17, 15) is 10.2 Å². The Labute approximate surface area is 230 Å². The molecule has 2 atom stereocenters. The molecule has 35 heavy (non-hydrogen) atoms. The third-order valence-electron chi connectivity index (χ3n) is 6.81. The Hall–Kier alpha value is -0.680. The molecule has 0 amide bonds.